The van der Waals surface area contributed by atoms with Gasteiger partial charge in [-0.3, -0.25) is 0 Å². The standard InChI is InChI=1S/C13H16N2/c1-9-5-6-11-10(7-9)12(13(2,3)4)15-8-14-11/h5-8H,1-4H3. The smallest absolute Gasteiger partial charge is 0.116 e. The van der Waals surface area contributed by atoms with Crippen LogP contribution in [0.25, 0.3) is 10.9 Å². The Morgan fingerprint density at radius 2 is 1.80 bits per heavy atom. The van der Waals surface area contributed by atoms with Crippen molar-refractivity contribution in [2.45, 2.75) is 33.1 Å². The van der Waals surface area contributed by atoms with Crippen molar-refractivity contribution in [3.8, 4) is 0 Å². The minimum Gasteiger partial charge on any atom is -0.240 e. The Hall–Kier alpha value is -1.44. The van der Waals surface area contributed by atoms with Crippen molar-refractivity contribution in [1.82, 2.24) is 9.97 Å². The zero-order valence-corrected chi connectivity index (χ0v) is 9.70. The third-order valence-electron chi connectivity index (χ3n) is 2.50. The predicted octanol–water partition coefficient (Wildman–Crippen LogP) is 3.24. The predicted molar refractivity (Wildman–Crippen MR) is 63.0 cm³/mol. The molecule has 0 fully saturated rings. The zero-order valence-electron chi connectivity index (χ0n) is 9.70. The van der Waals surface area contributed by atoms with Gasteiger partial charge in [0.15, 0.2) is 0 Å². The molecule has 78 valence electrons. The fourth-order valence-corrected chi connectivity index (χ4v) is 1.77. The van der Waals surface area contributed by atoms with Crippen LogP contribution in [0.4, 0.5) is 0 Å². The SMILES string of the molecule is Cc1ccc2ncnc(C(C)(C)C)c2c1. The number of nitrogens with zero attached hydrogens (tertiary/aromatic N) is 2. The van der Waals surface area contributed by atoms with Gasteiger partial charge >= 0.3 is 0 Å². The molecule has 0 aliphatic rings. The molecule has 0 saturated heterocycles. The van der Waals surface area contributed by atoms with E-state index in [1.807, 2.05) is 0 Å². The summed E-state index contributed by atoms with van der Waals surface area (Å²) in [5, 5.41) is 1.17. The maximum atomic E-state index is 4.41. The summed E-state index contributed by atoms with van der Waals surface area (Å²) in [6.07, 6.45) is 1.65. The van der Waals surface area contributed by atoms with Crippen LogP contribution in [0.5, 0.6) is 0 Å². The minimum absolute atomic E-state index is 0.0645. The molecular formula is C13H16N2. The van der Waals surface area contributed by atoms with Crippen LogP contribution in [0.15, 0.2) is 24.5 Å². The van der Waals surface area contributed by atoms with Gasteiger partial charge in [0.2, 0.25) is 0 Å². The number of rotatable bonds is 0. The van der Waals surface area contributed by atoms with E-state index in [1.165, 1.54) is 10.9 Å². The molecule has 1 aromatic carbocycles. The average Bonchev–Trinajstić information content (AvgIpc) is 2.15. The highest BCUT2D eigenvalue weighted by atomic mass is 14.8. The minimum atomic E-state index is 0.0645. The number of benzene rings is 1. The van der Waals surface area contributed by atoms with Crippen molar-refractivity contribution in [3.63, 3.8) is 0 Å². The molecule has 2 heteroatoms. The van der Waals surface area contributed by atoms with Crippen LogP contribution in [-0.2, 0) is 5.41 Å². The molecular weight excluding hydrogens is 184 g/mol. The van der Waals surface area contributed by atoms with Crippen LogP contribution >= 0.6 is 0 Å². The van der Waals surface area contributed by atoms with Gasteiger partial charge in [-0.25, -0.2) is 9.97 Å². The molecule has 2 nitrogen and oxygen atoms in total. The van der Waals surface area contributed by atoms with Crippen molar-refractivity contribution < 1.29 is 0 Å². The van der Waals surface area contributed by atoms with Crippen LogP contribution in [0.2, 0.25) is 0 Å². The maximum absolute atomic E-state index is 4.41. The van der Waals surface area contributed by atoms with E-state index in [2.05, 4.69) is 55.9 Å². The molecule has 0 aliphatic heterocycles. The first-order valence-electron chi connectivity index (χ1n) is 5.20. The molecule has 1 heterocycles. The highest BCUT2D eigenvalue weighted by Gasteiger charge is 2.18. The van der Waals surface area contributed by atoms with E-state index in [1.54, 1.807) is 6.33 Å². The van der Waals surface area contributed by atoms with E-state index in [9.17, 15) is 0 Å². The van der Waals surface area contributed by atoms with Gasteiger partial charge in [-0.05, 0) is 19.1 Å². The van der Waals surface area contributed by atoms with E-state index in [0.29, 0.717) is 0 Å². The van der Waals surface area contributed by atoms with Crippen molar-refractivity contribution in [2.24, 2.45) is 0 Å². The lowest BCUT2D eigenvalue weighted by Crippen LogP contribution is -2.14. The Kier molecular flexibility index (Phi) is 2.22. The van der Waals surface area contributed by atoms with E-state index >= 15 is 0 Å². The largest absolute Gasteiger partial charge is 0.240 e. The number of fused-ring (bicyclic) bond motifs is 1. The summed E-state index contributed by atoms with van der Waals surface area (Å²) in [4.78, 5) is 8.69. The number of hydrogen-bond acceptors (Lipinski definition) is 2. The Morgan fingerprint density at radius 3 is 2.47 bits per heavy atom. The van der Waals surface area contributed by atoms with Gasteiger partial charge in [-0.1, -0.05) is 32.4 Å². The van der Waals surface area contributed by atoms with Crippen LogP contribution in [0, 0.1) is 6.92 Å². The molecule has 0 aliphatic carbocycles. The monoisotopic (exact) mass is 200 g/mol. The molecule has 0 N–H and O–H groups in total. The van der Waals surface area contributed by atoms with Crippen LogP contribution in [0.3, 0.4) is 0 Å². The van der Waals surface area contributed by atoms with Gasteiger partial charge in [0.25, 0.3) is 0 Å². The zero-order chi connectivity index (χ0) is 11.1. The molecule has 15 heavy (non-hydrogen) atoms. The maximum Gasteiger partial charge on any atom is 0.116 e. The highest BCUT2D eigenvalue weighted by Crippen LogP contribution is 2.27. The topological polar surface area (TPSA) is 25.8 Å². The summed E-state index contributed by atoms with van der Waals surface area (Å²) < 4.78 is 0. The van der Waals surface area contributed by atoms with Crippen LogP contribution < -0.4 is 0 Å². The fraction of sp³-hybridized carbons (Fsp3) is 0.385. The Bertz CT molecular complexity index is 495. The second-order valence-electron chi connectivity index (χ2n) is 4.99. The molecule has 0 saturated carbocycles. The second kappa shape index (κ2) is 3.30. The third kappa shape index (κ3) is 1.84. The fourth-order valence-electron chi connectivity index (χ4n) is 1.77. The van der Waals surface area contributed by atoms with Crippen LogP contribution in [0.1, 0.15) is 32.0 Å². The Morgan fingerprint density at radius 1 is 1.07 bits per heavy atom. The summed E-state index contributed by atoms with van der Waals surface area (Å²) in [6, 6.07) is 6.30. The van der Waals surface area contributed by atoms with Crippen molar-refractivity contribution in [1.29, 1.82) is 0 Å². The van der Waals surface area contributed by atoms with Crippen molar-refractivity contribution in [3.05, 3.63) is 35.8 Å². The first kappa shape index (κ1) is 10.1. The lowest BCUT2D eigenvalue weighted by Gasteiger charge is -2.19. The molecule has 0 radical (unpaired) electrons. The summed E-state index contributed by atoms with van der Waals surface area (Å²) in [7, 11) is 0. The Balaban J connectivity index is 2.80. The molecule has 0 amide bonds. The summed E-state index contributed by atoms with van der Waals surface area (Å²) in [5.74, 6) is 0. The van der Waals surface area contributed by atoms with Crippen LogP contribution in [-0.4, -0.2) is 9.97 Å². The lowest BCUT2D eigenvalue weighted by molar-refractivity contribution is 0.574. The third-order valence-corrected chi connectivity index (χ3v) is 2.50. The Labute approximate surface area is 90.4 Å². The first-order chi connectivity index (χ1) is 6.98. The second-order valence-corrected chi connectivity index (χ2v) is 4.99. The lowest BCUT2D eigenvalue weighted by atomic mass is 9.89. The average molecular weight is 200 g/mol. The molecule has 0 unspecified atom stereocenters. The normalized spacial score (nSPS) is 12.0. The first-order valence-corrected chi connectivity index (χ1v) is 5.20. The van der Waals surface area contributed by atoms with Gasteiger partial charge in [0.05, 0.1) is 11.2 Å². The summed E-state index contributed by atoms with van der Waals surface area (Å²) >= 11 is 0. The van der Waals surface area contributed by atoms with Gasteiger partial charge < -0.3 is 0 Å². The molecule has 2 rings (SSSR count). The van der Waals surface area contributed by atoms with Gasteiger partial charge in [-0.2, -0.15) is 0 Å². The molecule has 0 spiro atoms. The molecule has 1 aromatic heterocycles. The van der Waals surface area contributed by atoms with Crippen molar-refractivity contribution >= 4 is 10.9 Å². The summed E-state index contributed by atoms with van der Waals surface area (Å²) in [5.41, 5.74) is 3.47. The number of hydrogen-bond donors (Lipinski definition) is 0. The van der Waals surface area contributed by atoms with Gasteiger partial charge in [0, 0.05) is 10.8 Å². The highest BCUT2D eigenvalue weighted by molar-refractivity contribution is 5.82. The van der Waals surface area contributed by atoms with E-state index < -0.39 is 0 Å². The van der Waals surface area contributed by atoms with E-state index in [0.717, 1.165) is 11.2 Å². The van der Waals surface area contributed by atoms with Crippen molar-refractivity contribution in [2.75, 3.05) is 0 Å². The van der Waals surface area contributed by atoms with E-state index in [-0.39, 0.29) is 5.41 Å². The molecule has 2 aromatic rings. The number of aryl methyl sites for hydroxylation is 1. The summed E-state index contributed by atoms with van der Waals surface area (Å²) in [6.45, 7) is 8.63. The molecule has 0 bridgehead atoms. The molecule has 0 atom stereocenters. The quantitative estimate of drug-likeness (QED) is 0.652. The van der Waals surface area contributed by atoms with E-state index in [4.69, 9.17) is 0 Å². The number of aromatic nitrogens is 2. The van der Waals surface area contributed by atoms with Gasteiger partial charge in [-0.15, -0.1) is 0 Å². The van der Waals surface area contributed by atoms with Gasteiger partial charge in [0.1, 0.15) is 6.33 Å².